The Kier molecular flexibility index (Phi) is 4.04. The number of nitrogens with zero attached hydrogens (tertiary/aromatic N) is 2. The van der Waals surface area contributed by atoms with Gasteiger partial charge >= 0.3 is 5.97 Å². The number of hydrogen-bond donors (Lipinski definition) is 1. The first-order valence-electron chi connectivity index (χ1n) is 6.31. The molecule has 1 unspecified atom stereocenters. The summed E-state index contributed by atoms with van der Waals surface area (Å²) in [4.78, 5) is 13.2. The van der Waals surface area contributed by atoms with E-state index in [-0.39, 0.29) is 6.10 Å². The Labute approximate surface area is 107 Å². The molecule has 0 aromatic carbocycles. The average molecular weight is 252 g/mol. The van der Waals surface area contributed by atoms with Crippen molar-refractivity contribution in [1.82, 2.24) is 9.47 Å². The SMILES string of the molecule is CC(C)N1CCOC(Cn2ccc(C(=O)O)c2)C1. The molecule has 0 spiro atoms. The van der Waals surface area contributed by atoms with Crippen LogP contribution in [0.1, 0.15) is 24.2 Å². The molecule has 1 fully saturated rings. The number of aromatic nitrogens is 1. The molecular formula is C13H20N2O3. The number of carboxylic acid groups (broad SMARTS) is 1. The van der Waals surface area contributed by atoms with Crippen molar-refractivity contribution in [2.75, 3.05) is 19.7 Å². The minimum absolute atomic E-state index is 0.134. The summed E-state index contributed by atoms with van der Waals surface area (Å²) < 4.78 is 7.61. The van der Waals surface area contributed by atoms with Crippen LogP contribution in [-0.2, 0) is 11.3 Å². The Morgan fingerprint density at radius 1 is 1.61 bits per heavy atom. The van der Waals surface area contributed by atoms with Crippen LogP contribution in [0.4, 0.5) is 0 Å². The van der Waals surface area contributed by atoms with Gasteiger partial charge in [-0.2, -0.15) is 0 Å². The number of carboxylic acids is 1. The van der Waals surface area contributed by atoms with Gasteiger partial charge in [0.2, 0.25) is 0 Å². The van der Waals surface area contributed by atoms with E-state index in [1.807, 2.05) is 4.57 Å². The minimum atomic E-state index is -0.887. The molecule has 18 heavy (non-hydrogen) atoms. The summed E-state index contributed by atoms with van der Waals surface area (Å²) in [6.07, 6.45) is 3.58. The highest BCUT2D eigenvalue weighted by Gasteiger charge is 2.22. The predicted molar refractivity (Wildman–Crippen MR) is 67.8 cm³/mol. The van der Waals surface area contributed by atoms with Crippen molar-refractivity contribution in [3.63, 3.8) is 0 Å². The van der Waals surface area contributed by atoms with Crippen LogP contribution in [-0.4, -0.2) is 52.4 Å². The van der Waals surface area contributed by atoms with Crippen molar-refractivity contribution in [3.8, 4) is 0 Å². The molecule has 100 valence electrons. The number of carbonyl (C=O) groups is 1. The first-order chi connectivity index (χ1) is 8.56. The average Bonchev–Trinajstić information content (AvgIpc) is 2.78. The number of hydrogen-bond acceptors (Lipinski definition) is 3. The van der Waals surface area contributed by atoms with E-state index in [9.17, 15) is 4.79 Å². The molecule has 0 aliphatic carbocycles. The highest BCUT2D eigenvalue weighted by atomic mass is 16.5. The van der Waals surface area contributed by atoms with Crippen LogP contribution in [0.15, 0.2) is 18.5 Å². The Morgan fingerprint density at radius 2 is 2.39 bits per heavy atom. The summed E-state index contributed by atoms with van der Waals surface area (Å²) >= 11 is 0. The van der Waals surface area contributed by atoms with E-state index in [1.165, 1.54) is 0 Å². The van der Waals surface area contributed by atoms with Gasteiger partial charge in [0, 0.05) is 38.1 Å². The molecule has 1 aromatic rings. The van der Waals surface area contributed by atoms with Gasteiger partial charge in [0.15, 0.2) is 0 Å². The van der Waals surface area contributed by atoms with Gasteiger partial charge in [0.25, 0.3) is 0 Å². The van der Waals surface area contributed by atoms with Gasteiger partial charge in [-0.1, -0.05) is 0 Å². The van der Waals surface area contributed by atoms with E-state index in [0.29, 0.717) is 18.2 Å². The van der Waals surface area contributed by atoms with E-state index in [4.69, 9.17) is 9.84 Å². The van der Waals surface area contributed by atoms with Crippen molar-refractivity contribution < 1.29 is 14.6 Å². The van der Waals surface area contributed by atoms with Crippen molar-refractivity contribution >= 4 is 5.97 Å². The third kappa shape index (κ3) is 3.11. The lowest BCUT2D eigenvalue weighted by atomic mass is 10.2. The molecule has 2 rings (SSSR count). The zero-order valence-corrected chi connectivity index (χ0v) is 10.9. The summed E-state index contributed by atoms with van der Waals surface area (Å²) in [6.45, 7) is 7.69. The number of morpholine rings is 1. The fraction of sp³-hybridized carbons (Fsp3) is 0.615. The third-order valence-electron chi connectivity index (χ3n) is 3.31. The largest absolute Gasteiger partial charge is 0.478 e. The number of aromatic carboxylic acids is 1. The van der Waals surface area contributed by atoms with Crippen molar-refractivity contribution in [1.29, 1.82) is 0 Å². The molecule has 1 aliphatic rings. The van der Waals surface area contributed by atoms with Gasteiger partial charge in [-0.05, 0) is 19.9 Å². The lowest BCUT2D eigenvalue weighted by Crippen LogP contribution is -2.47. The van der Waals surface area contributed by atoms with Crippen molar-refractivity contribution in [2.24, 2.45) is 0 Å². The zero-order valence-electron chi connectivity index (χ0n) is 10.9. The quantitative estimate of drug-likeness (QED) is 0.877. The summed E-state index contributed by atoms with van der Waals surface area (Å²) in [7, 11) is 0. The second-order valence-corrected chi connectivity index (χ2v) is 4.98. The van der Waals surface area contributed by atoms with Gasteiger partial charge < -0.3 is 14.4 Å². The van der Waals surface area contributed by atoms with Crippen LogP contribution < -0.4 is 0 Å². The highest BCUT2D eigenvalue weighted by Crippen LogP contribution is 2.11. The monoisotopic (exact) mass is 252 g/mol. The normalized spacial score (nSPS) is 21.4. The maximum atomic E-state index is 10.8. The Bertz CT molecular complexity index is 414. The molecule has 1 aliphatic heterocycles. The molecule has 0 radical (unpaired) electrons. The van der Waals surface area contributed by atoms with E-state index in [1.54, 1.807) is 18.5 Å². The molecule has 0 amide bonds. The van der Waals surface area contributed by atoms with Gasteiger partial charge in [-0.15, -0.1) is 0 Å². The topological polar surface area (TPSA) is 54.7 Å². The molecule has 5 nitrogen and oxygen atoms in total. The minimum Gasteiger partial charge on any atom is -0.478 e. The molecule has 1 aromatic heterocycles. The van der Waals surface area contributed by atoms with Gasteiger partial charge in [-0.3, -0.25) is 4.90 Å². The van der Waals surface area contributed by atoms with Gasteiger partial charge in [-0.25, -0.2) is 4.79 Å². The number of ether oxygens (including phenoxy) is 1. The van der Waals surface area contributed by atoms with E-state index < -0.39 is 5.97 Å². The lowest BCUT2D eigenvalue weighted by molar-refractivity contribution is -0.0455. The first-order valence-corrected chi connectivity index (χ1v) is 6.31. The molecule has 1 saturated heterocycles. The Balaban J connectivity index is 1.94. The Hall–Kier alpha value is -1.33. The van der Waals surface area contributed by atoms with Crippen LogP contribution in [0.5, 0.6) is 0 Å². The Morgan fingerprint density at radius 3 is 3.00 bits per heavy atom. The molecule has 1 N–H and O–H groups in total. The van der Waals surface area contributed by atoms with Crippen molar-refractivity contribution in [2.45, 2.75) is 32.5 Å². The zero-order chi connectivity index (χ0) is 13.1. The van der Waals surface area contributed by atoms with Gasteiger partial charge in [0.05, 0.1) is 18.3 Å². The van der Waals surface area contributed by atoms with Crippen LogP contribution in [0.3, 0.4) is 0 Å². The molecule has 0 saturated carbocycles. The summed E-state index contributed by atoms with van der Waals surface area (Å²) in [5.74, 6) is -0.887. The van der Waals surface area contributed by atoms with Crippen LogP contribution in [0.25, 0.3) is 0 Å². The van der Waals surface area contributed by atoms with Crippen LogP contribution in [0, 0.1) is 0 Å². The first kappa shape index (κ1) is 13.1. The summed E-state index contributed by atoms with van der Waals surface area (Å²) in [5.41, 5.74) is 0.325. The second-order valence-electron chi connectivity index (χ2n) is 4.98. The van der Waals surface area contributed by atoms with Crippen LogP contribution >= 0.6 is 0 Å². The molecule has 1 atom stereocenters. The molecule has 0 bridgehead atoms. The standard InChI is InChI=1S/C13H20N2O3/c1-10(2)15-5-6-18-12(9-15)8-14-4-3-11(7-14)13(16)17/h3-4,7,10,12H,5-6,8-9H2,1-2H3,(H,16,17). The van der Waals surface area contributed by atoms with E-state index >= 15 is 0 Å². The smallest absolute Gasteiger partial charge is 0.337 e. The maximum Gasteiger partial charge on any atom is 0.337 e. The fourth-order valence-electron chi connectivity index (χ4n) is 2.24. The van der Waals surface area contributed by atoms with E-state index in [0.717, 1.165) is 19.7 Å². The molecular weight excluding hydrogens is 232 g/mol. The van der Waals surface area contributed by atoms with E-state index in [2.05, 4.69) is 18.7 Å². The predicted octanol–water partition coefficient (Wildman–Crippen LogP) is 1.30. The van der Waals surface area contributed by atoms with Crippen molar-refractivity contribution in [3.05, 3.63) is 24.0 Å². The lowest BCUT2D eigenvalue weighted by Gasteiger charge is -2.35. The maximum absolute atomic E-state index is 10.8. The fourth-order valence-corrected chi connectivity index (χ4v) is 2.24. The highest BCUT2D eigenvalue weighted by molar-refractivity contribution is 5.87. The third-order valence-corrected chi connectivity index (χ3v) is 3.31. The number of rotatable bonds is 4. The molecule has 5 heteroatoms. The summed E-state index contributed by atoms with van der Waals surface area (Å²) in [5, 5.41) is 8.87. The summed E-state index contributed by atoms with van der Waals surface area (Å²) in [6, 6.07) is 2.14. The molecule has 2 heterocycles. The van der Waals surface area contributed by atoms with Gasteiger partial charge in [0.1, 0.15) is 0 Å². The second kappa shape index (κ2) is 5.54. The van der Waals surface area contributed by atoms with Crippen LogP contribution in [0.2, 0.25) is 0 Å².